The van der Waals surface area contributed by atoms with Crippen LogP contribution in [-0.2, 0) is 29.1 Å². The summed E-state index contributed by atoms with van der Waals surface area (Å²) in [5.41, 5.74) is -1.17. The standard InChI is InChI=1S/C24H46O6/c1-9-13-15-19(25)21(11-3)27-29-23(5,6)17-18-24(7,8)30-28-22(12-4)20(26)16-14-10-2/h21-22H,9-18H2,1-8H3. The zero-order valence-electron chi connectivity index (χ0n) is 20.7. The van der Waals surface area contributed by atoms with E-state index >= 15 is 0 Å². The maximum atomic E-state index is 12.2. The minimum Gasteiger partial charge on any atom is -0.297 e. The SMILES string of the molecule is CCCCC(=O)C(CC)OOC(C)(C)CCC(C)(C)OOC(CC)C(=O)CCCC. The number of hydrogen-bond donors (Lipinski definition) is 0. The highest BCUT2D eigenvalue weighted by Gasteiger charge is 2.30. The van der Waals surface area contributed by atoms with Crippen molar-refractivity contribution < 1.29 is 29.1 Å². The summed E-state index contributed by atoms with van der Waals surface area (Å²) in [6.07, 6.45) is 6.15. The molecule has 0 aliphatic rings. The minimum absolute atomic E-state index is 0.0885. The number of ketones is 2. The van der Waals surface area contributed by atoms with Crippen molar-refractivity contribution in [2.24, 2.45) is 0 Å². The van der Waals surface area contributed by atoms with Gasteiger partial charge in [0.1, 0.15) is 0 Å². The molecule has 0 amide bonds. The van der Waals surface area contributed by atoms with Gasteiger partial charge in [-0.2, -0.15) is 0 Å². The van der Waals surface area contributed by atoms with E-state index in [1.54, 1.807) is 0 Å². The van der Waals surface area contributed by atoms with Crippen molar-refractivity contribution in [1.29, 1.82) is 0 Å². The second-order valence-electron chi connectivity index (χ2n) is 9.31. The Balaban J connectivity index is 4.53. The zero-order valence-corrected chi connectivity index (χ0v) is 20.7. The molecule has 178 valence electrons. The molecular weight excluding hydrogens is 384 g/mol. The van der Waals surface area contributed by atoms with Crippen LogP contribution >= 0.6 is 0 Å². The quantitative estimate of drug-likeness (QED) is 0.177. The summed E-state index contributed by atoms with van der Waals surface area (Å²) in [6.45, 7) is 15.7. The number of unbranched alkanes of at least 4 members (excludes halogenated alkanes) is 2. The first-order valence-corrected chi connectivity index (χ1v) is 11.8. The Morgan fingerprint density at radius 1 is 0.667 bits per heavy atom. The zero-order chi connectivity index (χ0) is 23.2. The summed E-state index contributed by atoms with van der Waals surface area (Å²) in [5, 5.41) is 0. The Bertz CT molecular complexity index is 442. The van der Waals surface area contributed by atoms with E-state index in [2.05, 4.69) is 13.8 Å². The van der Waals surface area contributed by atoms with E-state index in [1.165, 1.54) is 0 Å². The summed E-state index contributed by atoms with van der Waals surface area (Å²) in [4.78, 5) is 46.7. The number of carbonyl (C=O) groups excluding carboxylic acids is 2. The molecule has 0 bridgehead atoms. The molecule has 0 fully saturated rings. The van der Waals surface area contributed by atoms with Crippen LogP contribution in [0.15, 0.2) is 0 Å². The highest BCUT2D eigenvalue weighted by atomic mass is 17.2. The lowest BCUT2D eigenvalue weighted by Gasteiger charge is -2.31. The third kappa shape index (κ3) is 12.8. The van der Waals surface area contributed by atoms with Crippen LogP contribution in [0.1, 0.15) is 120 Å². The predicted octanol–water partition coefficient (Wildman–Crippen LogP) is 6.30. The van der Waals surface area contributed by atoms with Crippen LogP contribution in [-0.4, -0.2) is 35.0 Å². The molecule has 2 unspecified atom stereocenters. The Morgan fingerprint density at radius 2 is 1.00 bits per heavy atom. The van der Waals surface area contributed by atoms with E-state index in [4.69, 9.17) is 19.6 Å². The maximum Gasteiger partial charge on any atom is 0.164 e. The molecule has 6 nitrogen and oxygen atoms in total. The Kier molecular flexibility index (Phi) is 14.6. The van der Waals surface area contributed by atoms with Gasteiger partial charge in [-0.05, 0) is 66.2 Å². The molecule has 0 rings (SSSR count). The van der Waals surface area contributed by atoms with Crippen LogP contribution in [0.5, 0.6) is 0 Å². The molecule has 0 heterocycles. The van der Waals surface area contributed by atoms with Gasteiger partial charge in [-0.15, -0.1) is 0 Å². The fraction of sp³-hybridized carbons (Fsp3) is 0.917. The molecule has 0 radical (unpaired) electrons. The van der Waals surface area contributed by atoms with Crippen molar-refractivity contribution in [3.05, 3.63) is 0 Å². The molecule has 0 aromatic rings. The fourth-order valence-electron chi connectivity index (χ4n) is 2.78. The van der Waals surface area contributed by atoms with Crippen molar-refractivity contribution in [3.8, 4) is 0 Å². The minimum atomic E-state index is -0.583. The molecule has 0 saturated carbocycles. The summed E-state index contributed by atoms with van der Waals surface area (Å²) >= 11 is 0. The van der Waals surface area contributed by atoms with E-state index in [0.717, 1.165) is 25.7 Å². The topological polar surface area (TPSA) is 71.1 Å². The molecule has 0 spiro atoms. The van der Waals surface area contributed by atoms with Crippen molar-refractivity contribution in [1.82, 2.24) is 0 Å². The predicted molar refractivity (Wildman–Crippen MR) is 119 cm³/mol. The average molecular weight is 431 g/mol. The van der Waals surface area contributed by atoms with E-state index in [0.29, 0.717) is 38.5 Å². The third-order valence-electron chi connectivity index (χ3n) is 5.12. The maximum absolute atomic E-state index is 12.2. The Labute approximate surface area is 184 Å². The smallest absolute Gasteiger partial charge is 0.164 e. The first-order chi connectivity index (χ1) is 14.0. The number of carbonyl (C=O) groups is 2. The van der Waals surface area contributed by atoms with Crippen molar-refractivity contribution in [3.63, 3.8) is 0 Å². The van der Waals surface area contributed by atoms with Crippen LogP contribution in [0.4, 0.5) is 0 Å². The second kappa shape index (κ2) is 15.1. The normalized spacial score (nSPS) is 14.5. The molecular formula is C24H46O6. The highest BCUT2D eigenvalue weighted by molar-refractivity contribution is 5.83. The lowest BCUT2D eigenvalue weighted by atomic mass is 9.94. The second-order valence-corrected chi connectivity index (χ2v) is 9.31. The largest absolute Gasteiger partial charge is 0.297 e. The summed E-state index contributed by atoms with van der Waals surface area (Å²) < 4.78 is 0. The molecule has 2 atom stereocenters. The lowest BCUT2D eigenvalue weighted by molar-refractivity contribution is -0.384. The summed E-state index contributed by atoms with van der Waals surface area (Å²) in [6, 6.07) is 0. The van der Waals surface area contributed by atoms with Gasteiger partial charge in [-0.3, -0.25) is 9.59 Å². The fourth-order valence-corrected chi connectivity index (χ4v) is 2.78. The molecule has 30 heavy (non-hydrogen) atoms. The van der Waals surface area contributed by atoms with Gasteiger partial charge in [0.15, 0.2) is 23.8 Å². The van der Waals surface area contributed by atoms with E-state index in [9.17, 15) is 9.59 Å². The summed E-state index contributed by atoms with van der Waals surface area (Å²) in [7, 11) is 0. The molecule has 0 aromatic heterocycles. The average Bonchev–Trinajstić information content (AvgIpc) is 2.70. The van der Waals surface area contributed by atoms with Crippen LogP contribution in [0.25, 0.3) is 0 Å². The molecule has 0 aromatic carbocycles. The van der Waals surface area contributed by atoms with Gasteiger partial charge in [0, 0.05) is 12.8 Å². The number of hydrogen-bond acceptors (Lipinski definition) is 6. The Morgan fingerprint density at radius 3 is 1.27 bits per heavy atom. The van der Waals surface area contributed by atoms with Crippen molar-refractivity contribution in [2.45, 2.75) is 143 Å². The van der Waals surface area contributed by atoms with Gasteiger partial charge < -0.3 is 0 Å². The molecule has 0 aliphatic heterocycles. The van der Waals surface area contributed by atoms with Crippen molar-refractivity contribution in [2.75, 3.05) is 0 Å². The van der Waals surface area contributed by atoms with Crippen LogP contribution < -0.4 is 0 Å². The van der Waals surface area contributed by atoms with Crippen molar-refractivity contribution >= 4 is 11.6 Å². The third-order valence-corrected chi connectivity index (χ3v) is 5.12. The van der Waals surface area contributed by atoms with Gasteiger partial charge >= 0.3 is 0 Å². The molecule has 0 saturated heterocycles. The van der Waals surface area contributed by atoms with E-state index in [-0.39, 0.29) is 11.6 Å². The van der Waals surface area contributed by atoms with Gasteiger partial charge in [-0.25, -0.2) is 19.6 Å². The number of Topliss-reactive ketones (excluding diaryl/α,β-unsaturated/α-hetero) is 2. The van der Waals surface area contributed by atoms with Gasteiger partial charge in [0.2, 0.25) is 0 Å². The van der Waals surface area contributed by atoms with Crippen LogP contribution in [0.2, 0.25) is 0 Å². The monoisotopic (exact) mass is 430 g/mol. The van der Waals surface area contributed by atoms with E-state index in [1.807, 2.05) is 41.5 Å². The molecule has 0 aliphatic carbocycles. The Hall–Kier alpha value is -0.820. The van der Waals surface area contributed by atoms with Gasteiger partial charge in [0.25, 0.3) is 0 Å². The van der Waals surface area contributed by atoms with E-state index < -0.39 is 23.4 Å². The van der Waals surface area contributed by atoms with Gasteiger partial charge in [-0.1, -0.05) is 40.5 Å². The number of rotatable bonds is 19. The van der Waals surface area contributed by atoms with Crippen LogP contribution in [0, 0.1) is 0 Å². The molecule has 6 heteroatoms. The highest BCUT2D eigenvalue weighted by Crippen LogP contribution is 2.27. The summed E-state index contributed by atoms with van der Waals surface area (Å²) in [5.74, 6) is 0.177. The lowest BCUT2D eigenvalue weighted by Crippen LogP contribution is -2.35. The van der Waals surface area contributed by atoms with Crippen LogP contribution in [0.3, 0.4) is 0 Å². The first-order valence-electron chi connectivity index (χ1n) is 11.8. The first kappa shape index (κ1) is 29.2. The molecule has 0 N–H and O–H groups in total. The van der Waals surface area contributed by atoms with Gasteiger partial charge in [0.05, 0.1) is 11.2 Å².